The maximum Gasteiger partial charge on any atom is 0.185 e. The van der Waals surface area contributed by atoms with Gasteiger partial charge in [-0.3, -0.25) is 0 Å². The molecule has 1 fully saturated rings. The van der Waals surface area contributed by atoms with Gasteiger partial charge in [-0.05, 0) is 27.3 Å². The highest BCUT2D eigenvalue weighted by Crippen LogP contribution is 2.29. The van der Waals surface area contributed by atoms with E-state index in [-0.39, 0.29) is 12.2 Å². The molecule has 0 spiro atoms. The Hall–Kier alpha value is -0.650. The molecule has 0 bridgehead atoms. The third kappa shape index (κ3) is 3.22. The number of thiazole rings is 1. The average molecular weight is 269 g/mol. The zero-order valence-electron chi connectivity index (χ0n) is 11.6. The molecular formula is C13H23N3OS. The van der Waals surface area contributed by atoms with E-state index in [4.69, 9.17) is 4.74 Å². The van der Waals surface area contributed by atoms with Gasteiger partial charge in [-0.25, -0.2) is 4.98 Å². The first-order valence-corrected chi connectivity index (χ1v) is 7.51. The van der Waals surface area contributed by atoms with Crippen molar-refractivity contribution in [3.8, 4) is 0 Å². The summed E-state index contributed by atoms with van der Waals surface area (Å²) < 4.78 is 5.75. The first-order valence-electron chi connectivity index (χ1n) is 6.69. The summed E-state index contributed by atoms with van der Waals surface area (Å²) in [6.07, 6.45) is 2.57. The van der Waals surface area contributed by atoms with Gasteiger partial charge < -0.3 is 15.0 Å². The molecule has 2 heterocycles. The van der Waals surface area contributed by atoms with Crippen molar-refractivity contribution in [3.05, 3.63) is 11.1 Å². The first kappa shape index (κ1) is 13.8. The SMILES string of the molecule is CCNC(C)c1cnc(N2C[C@@H](C)O[C@@H](C)C2)s1. The summed E-state index contributed by atoms with van der Waals surface area (Å²) >= 11 is 1.79. The van der Waals surface area contributed by atoms with Gasteiger partial charge in [-0.15, -0.1) is 11.3 Å². The van der Waals surface area contributed by atoms with Gasteiger partial charge in [-0.2, -0.15) is 0 Å². The second kappa shape index (κ2) is 5.99. The van der Waals surface area contributed by atoms with E-state index in [1.807, 2.05) is 6.20 Å². The van der Waals surface area contributed by atoms with Crippen LogP contribution in [-0.2, 0) is 4.74 Å². The van der Waals surface area contributed by atoms with Gasteiger partial charge in [0.1, 0.15) is 0 Å². The Morgan fingerprint density at radius 3 is 2.78 bits per heavy atom. The number of morpholine rings is 1. The van der Waals surface area contributed by atoms with E-state index in [0.717, 1.165) is 24.8 Å². The number of nitrogens with one attached hydrogen (secondary N) is 1. The van der Waals surface area contributed by atoms with Crippen LogP contribution < -0.4 is 10.2 Å². The second-order valence-electron chi connectivity index (χ2n) is 4.99. The molecular weight excluding hydrogens is 246 g/mol. The van der Waals surface area contributed by atoms with Gasteiger partial charge >= 0.3 is 0 Å². The van der Waals surface area contributed by atoms with Gasteiger partial charge in [0, 0.05) is 30.2 Å². The van der Waals surface area contributed by atoms with Gasteiger partial charge in [0.2, 0.25) is 0 Å². The number of aromatic nitrogens is 1. The normalized spacial score (nSPS) is 26.3. The summed E-state index contributed by atoms with van der Waals surface area (Å²) in [6, 6.07) is 0.386. The Kier molecular flexibility index (Phi) is 4.59. The average Bonchev–Trinajstić information content (AvgIpc) is 2.77. The fourth-order valence-corrected chi connectivity index (χ4v) is 3.32. The van der Waals surface area contributed by atoms with Crippen molar-refractivity contribution >= 4 is 16.5 Å². The molecule has 0 saturated carbocycles. The highest BCUT2D eigenvalue weighted by atomic mass is 32.1. The van der Waals surface area contributed by atoms with Crippen LogP contribution in [0.1, 0.15) is 38.6 Å². The third-order valence-corrected chi connectivity index (χ3v) is 4.38. The molecule has 1 unspecified atom stereocenters. The van der Waals surface area contributed by atoms with Crippen LogP contribution in [-0.4, -0.2) is 36.8 Å². The van der Waals surface area contributed by atoms with Gasteiger partial charge in [-0.1, -0.05) is 6.92 Å². The minimum absolute atomic E-state index is 0.285. The van der Waals surface area contributed by atoms with Crippen LogP contribution in [0.4, 0.5) is 5.13 Å². The molecule has 1 aliphatic heterocycles. The van der Waals surface area contributed by atoms with E-state index in [1.165, 1.54) is 4.88 Å². The summed E-state index contributed by atoms with van der Waals surface area (Å²) in [5.41, 5.74) is 0. The van der Waals surface area contributed by atoms with Crippen molar-refractivity contribution in [2.45, 2.75) is 45.9 Å². The molecule has 102 valence electrons. The number of ether oxygens (including phenoxy) is 1. The van der Waals surface area contributed by atoms with E-state index >= 15 is 0 Å². The quantitative estimate of drug-likeness (QED) is 0.911. The Balaban J connectivity index is 2.05. The molecule has 1 aromatic heterocycles. The second-order valence-corrected chi connectivity index (χ2v) is 6.03. The lowest BCUT2D eigenvalue weighted by Crippen LogP contribution is -2.45. The van der Waals surface area contributed by atoms with Crippen LogP contribution in [0.15, 0.2) is 6.20 Å². The molecule has 1 aromatic rings. The van der Waals surface area contributed by atoms with Gasteiger partial charge in [0.15, 0.2) is 5.13 Å². The molecule has 0 amide bonds. The highest BCUT2D eigenvalue weighted by Gasteiger charge is 2.24. The molecule has 5 heteroatoms. The van der Waals surface area contributed by atoms with Crippen molar-refractivity contribution in [1.82, 2.24) is 10.3 Å². The molecule has 18 heavy (non-hydrogen) atoms. The highest BCUT2D eigenvalue weighted by molar-refractivity contribution is 7.15. The number of anilines is 1. The van der Waals surface area contributed by atoms with Crippen LogP contribution in [0.5, 0.6) is 0 Å². The smallest absolute Gasteiger partial charge is 0.185 e. The lowest BCUT2D eigenvalue weighted by atomic mass is 10.2. The standard InChI is InChI=1S/C13H23N3OS/c1-5-14-11(4)12-6-15-13(18-12)16-7-9(2)17-10(3)8-16/h6,9-11,14H,5,7-8H2,1-4H3/t9-,10+,11?. The molecule has 1 saturated heterocycles. The summed E-state index contributed by atoms with van der Waals surface area (Å²) in [6.45, 7) is 11.4. The summed E-state index contributed by atoms with van der Waals surface area (Å²) in [5.74, 6) is 0. The molecule has 1 aliphatic rings. The van der Waals surface area contributed by atoms with E-state index in [0.29, 0.717) is 6.04 Å². The van der Waals surface area contributed by atoms with Crippen molar-refractivity contribution in [3.63, 3.8) is 0 Å². The minimum atomic E-state index is 0.285. The van der Waals surface area contributed by atoms with E-state index in [2.05, 4.69) is 42.9 Å². The minimum Gasteiger partial charge on any atom is -0.372 e. The fourth-order valence-electron chi connectivity index (χ4n) is 2.36. The third-order valence-electron chi connectivity index (χ3n) is 3.14. The molecule has 4 nitrogen and oxygen atoms in total. The Morgan fingerprint density at radius 1 is 1.50 bits per heavy atom. The first-order chi connectivity index (χ1) is 8.60. The number of nitrogens with zero attached hydrogens (tertiary/aromatic N) is 2. The molecule has 1 N–H and O–H groups in total. The fraction of sp³-hybridized carbons (Fsp3) is 0.769. The lowest BCUT2D eigenvalue weighted by Gasteiger charge is -2.35. The summed E-state index contributed by atoms with van der Waals surface area (Å²) in [4.78, 5) is 8.20. The van der Waals surface area contributed by atoms with Crippen molar-refractivity contribution < 1.29 is 4.74 Å². The van der Waals surface area contributed by atoms with Crippen LogP contribution in [0.3, 0.4) is 0 Å². The van der Waals surface area contributed by atoms with Gasteiger partial charge in [0.25, 0.3) is 0 Å². The van der Waals surface area contributed by atoms with Crippen LogP contribution >= 0.6 is 11.3 Å². The predicted octanol–water partition coefficient (Wildman–Crippen LogP) is 2.43. The molecule has 3 atom stereocenters. The number of hydrogen-bond donors (Lipinski definition) is 1. The molecule has 2 rings (SSSR count). The zero-order valence-corrected chi connectivity index (χ0v) is 12.5. The van der Waals surface area contributed by atoms with E-state index in [9.17, 15) is 0 Å². The Bertz CT molecular complexity index is 372. The largest absolute Gasteiger partial charge is 0.372 e. The topological polar surface area (TPSA) is 37.4 Å². The lowest BCUT2D eigenvalue weighted by molar-refractivity contribution is -0.00522. The van der Waals surface area contributed by atoms with Crippen molar-refractivity contribution in [2.75, 3.05) is 24.5 Å². The predicted molar refractivity (Wildman–Crippen MR) is 76.4 cm³/mol. The zero-order chi connectivity index (χ0) is 13.1. The molecule has 0 aliphatic carbocycles. The van der Waals surface area contributed by atoms with Gasteiger partial charge in [0.05, 0.1) is 12.2 Å². The molecule has 0 radical (unpaired) electrons. The Labute approximate surface area is 113 Å². The van der Waals surface area contributed by atoms with E-state index in [1.54, 1.807) is 11.3 Å². The van der Waals surface area contributed by atoms with Crippen LogP contribution in [0, 0.1) is 0 Å². The maximum absolute atomic E-state index is 5.75. The monoisotopic (exact) mass is 269 g/mol. The summed E-state index contributed by atoms with van der Waals surface area (Å²) in [5, 5.41) is 4.54. The maximum atomic E-state index is 5.75. The van der Waals surface area contributed by atoms with Crippen molar-refractivity contribution in [2.24, 2.45) is 0 Å². The van der Waals surface area contributed by atoms with Crippen LogP contribution in [0.2, 0.25) is 0 Å². The number of hydrogen-bond acceptors (Lipinski definition) is 5. The summed E-state index contributed by atoms with van der Waals surface area (Å²) in [7, 11) is 0. The van der Waals surface area contributed by atoms with Crippen LogP contribution in [0.25, 0.3) is 0 Å². The molecule has 0 aromatic carbocycles. The number of rotatable bonds is 4. The van der Waals surface area contributed by atoms with E-state index < -0.39 is 0 Å². The van der Waals surface area contributed by atoms with Crippen molar-refractivity contribution in [1.29, 1.82) is 0 Å². The Morgan fingerprint density at radius 2 is 2.17 bits per heavy atom.